The zero-order chi connectivity index (χ0) is 13.8. The van der Waals surface area contributed by atoms with Crippen LogP contribution in [0, 0.1) is 0 Å². The van der Waals surface area contributed by atoms with Crippen molar-refractivity contribution in [3.8, 4) is 0 Å². The molecule has 2 rings (SSSR count). The fourth-order valence-electron chi connectivity index (χ4n) is 1.52. The molecule has 0 saturated heterocycles. The molecule has 0 unspecified atom stereocenters. The van der Waals surface area contributed by atoms with Gasteiger partial charge in [-0.2, -0.15) is 0 Å². The molecular weight excluding hydrogens is 303 g/mol. The van der Waals surface area contributed by atoms with Gasteiger partial charge in [0.2, 0.25) is 0 Å². The molecule has 2 aromatic carbocycles. The molecule has 5 heteroatoms. The maximum absolute atomic E-state index is 10.9. The minimum atomic E-state index is -0.924. The molecule has 98 valence electrons. The number of hydrogen-bond acceptors (Lipinski definition) is 2. The Labute approximate surface area is 125 Å². The summed E-state index contributed by atoms with van der Waals surface area (Å²) in [7, 11) is 0. The minimum absolute atomic E-state index is 0.284. The summed E-state index contributed by atoms with van der Waals surface area (Å²) in [5.41, 5.74) is 1.25. The summed E-state index contributed by atoms with van der Waals surface area (Å²) in [5, 5.41) is 10.1. The Balaban J connectivity index is 2.10. The zero-order valence-corrected chi connectivity index (χ0v) is 12.1. The Bertz CT molecular complexity index is 614. The van der Waals surface area contributed by atoms with Crippen molar-refractivity contribution in [2.24, 2.45) is 0 Å². The second-order valence-corrected chi connectivity index (χ2v) is 5.75. The molecule has 0 aliphatic carbocycles. The summed E-state index contributed by atoms with van der Waals surface area (Å²) in [5.74, 6) is -0.258. The lowest BCUT2D eigenvalue weighted by atomic mass is 10.2. The fraction of sp³-hybridized carbons (Fsp3) is 0.0714. The standard InChI is InChI=1S/C14H10Cl2O2S/c15-11-5-4-10(13(16)7-11)8-19-12-3-1-2-9(6-12)14(17)18/h1-7H,8H2,(H,17,18). The molecular formula is C14H10Cl2O2S. The van der Waals surface area contributed by atoms with Crippen molar-refractivity contribution in [2.75, 3.05) is 0 Å². The maximum atomic E-state index is 10.9. The van der Waals surface area contributed by atoms with Crippen LogP contribution in [0.5, 0.6) is 0 Å². The van der Waals surface area contributed by atoms with Gasteiger partial charge in [0.1, 0.15) is 0 Å². The number of thioether (sulfide) groups is 1. The molecule has 0 aromatic heterocycles. The number of carboxylic acids is 1. The van der Waals surface area contributed by atoms with Gasteiger partial charge in [-0.25, -0.2) is 4.79 Å². The van der Waals surface area contributed by atoms with Crippen LogP contribution in [0.4, 0.5) is 0 Å². The molecule has 0 radical (unpaired) electrons. The molecule has 19 heavy (non-hydrogen) atoms. The molecule has 2 nitrogen and oxygen atoms in total. The van der Waals surface area contributed by atoms with Crippen molar-refractivity contribution in [3.63, 3.8) is 0 Å². The molecule has 0 aliphatic heterocycles. The van der Waals surface area contributed by atoms with E-state index in [-0.39, 0.29) is 5.56 Å². The van der Waals surface area contributed by atoms with E-state index in [2.05, 4.69) is 0 Å². The second-order valence-electron chi connectivity index (χ2n) is 3.86. The first-order chi connectivity index (χ1) is 9.06. The van der Waals surface area contributed by atoms with E-state index in [0.717, 1.165) is 10.5 Å². The van der Waals surface area contributed by atoms with Crippen LogP contribution < -0.4 is 0 Å². The van der Waals surface area contributed by atoms with Crippen molar-refractivity contribution >= 4 is 40.9 Å². The number of carbonyl (C=O) groups is 1. The maximum Gasteiger partial charge on any atom is 0.335 e. The fourth-order valence-corrected chi connectivity index (χ4v) is 3.03. The number of hydrogen-bond donors (Lipinski definition) is 1. The van der Waals surface area contributed by atoms with Crippen LogP contribution in [0.1, 0.15) is 15.9 Å². The lowest BCUT2D eigenvalue weighted by molar-refractivity contribution is 0.0696. The number of benzene rings is 2. The van der Waals surface area contributed by atoms with Crippen LogP contribution in [0.3, 0.4) is 0 Å². The van der Waals surface area contributed by atoms with Crippen LogP contribution in [-0.2, 0) is 5.75 Å². The number of aromatic carboxylic acids is 1. The summed E-state index contributed by atoms with van der Waals surface area (Å²) < 4.78 is 0. The highest BCUT2D eigenvalue weighted by Gasteiger charge is 2.05. The van der Waals surface area contributed by atoms with E-state index in [4.69, 9.17) is 28.3 Å². The van der Waals surface area contributed by atoms with Gasteiger partial charge in [-0.1, -0.05) is 35.3 Å². The molecule has 0 amide bonds. The van der Waals surface area contributed by atoms with Gasteiger partial charge in [0.25, 0.3) is 0 Å². The van der Waals surface area contributed by atoms with Gasteiger partial charge in [0, 0.05) is 20.7 Å². The van der Waals surface area contributed by atoms with E-state index in [9.17, 15) is 4.79 Å². The molecule has 0 spiro atoms. The molecule has 0 aliphatic rings. The van der Waals surface area contributed by atoms with E-state index in [1.54, 1.807) is 30.3 Å². The lowest BCUT2D eigenvalue weighted by Gasteiger charge is -2.05. The zero-order valence-electron chi connectivity index (χ0n) is 9.77. The Morgan fingerprint density at radius 3 is 2.63 bits per heavy atom. The number of halogens is 2. The van der Waals surface area contributed by atoms with Gasteiger partial charge in [0.15, 0.2) is 0 Å². The predicted octanol–water partition coefficient (Wildman–Crippen LogP) is 4.98. The predicted molar refractivity (Wildman–Crippen MR) is 79.4 cm³/mol. The number of carboxylic acid groups (broad SMARTS) is 1. The second kappa shape index (κ2) is 6.33. The smallest absolute Gasteiger partial charge is 0.335 e. The Kier molecular flexibility index (Phi) is 4.75. The van der Waals surface area contributed by atoms with Crippen molar-refractivity contribution < 1.29 is 9.90 Å². The van der Waals surface area contributed by atoms with Crippen molar-refractivity contribution in [3.05, 3.63) is 63.6 Å². The van der Waals surface area contributed by atoms with Crippen molar-refractivity contribution in [1.82, 2.24) is 0 Å². The molecule has 0 saturated carbocycles. The first kappa shape index (κ1) is 14.3. The third-order valence-corrected chi connectivity index (χ3v) is 4.12. The highest BCUT2D eigenvalue weighted by molar-refractivity contribution is 7.98. The quantitative estimate of drug-likeness (QED) is 0.809. The molecule has 0 heterocycles. The summed E-state index contributed by atoms with van der Waals surface area (Å²) in [4.78, 5) is 11.8. The van der Waals surface area contributed by atoms with E-state index in [0.29, 0.717) is 15.8 Å². The normalized spacial score (nSPS) is 10.4. The van der Waals surface area contributed by atoms with Crippen LogP contribution >= 0.6 is 35.0 Å². The third-order valence-electron chi connectivity index (χ3n) is 2.49. The van der Waals surface area contributed by atoms with Gasteiger partial charge in [-0.15, -0.1) is 11.8 Å². The number of rotatable bonds is 4. The highest BCUT2D eigenvalue weighted by Crippen LogP contribution is 2.28. The highest BCUT2D eigenvalue weighted by atomic mass is 35.5. The Morgan fingerprint density at radius 2 is 1.95 bits per heavy atom. The lowest BCUT2D eigenvalue weighted by Crippen LogP contribution is -1.95. The Hall–Kier alpha value is -1.16. The topological polar surface area (TPSA) is 37.3 Å². The third kappa shape index (κ3) is 3.90. The summed E-state index contributed by atoms with van der Waals surface area (Å²) in [6.07, 6.45) is 0. The van der Waals surface area contributed by atoms with Crippen LogP contribution in [-0.4, -0.2) is 11.1 Å². The van der Waals surface area contributed by atoms with Crippen LogP contribution in [0.2, 0.25) is 10.0 Å². The van der Waals surface area contributed by atoms with E-state index >= 15 is 0 Å². The largest absolute Gasteiger partial charge is 0.478 e. The van der Waals surface area contributed by atoms with Crippen molar-refractivity contribution in [1.29, 1.82) is 0 Å². The van der Waals surface area contributed by atoms with Crippen LogP contribution in [0.15, 0.2) is 47.4 Å². The summed E-state index contributed by atoms with van der Waals surface area (Å²) >= 11 is 13.5. The molecule has 0 atom stereocenters. The molecule has 0 bridgehead atoms. The molecule has 0 fully saturated rings. The first-order valence-corrected chi connectivity index (χ1v) is 7.20. The van der Waals surface area contributed by atoms with Gasteiger partial charge in [-0.3, -0.25) is 0 Å². The van der Waals surface area contributed by atoms with Gasteiger partial charge >= 0.3 is 5.97 Å². The summed E-state index contributed by atoms with van der Waals surface area (Å²) in [6, 6.07) is 12.2. The van der Waals surface area contributed by atoms with Gasteiger partial charge in [-0.05, 0) is 35.9 Å². The SMILES string of the molecule is O=C(O)c1cccc(SCc2ccc(Cl)cc2Cl)c1. The monoisotopic (exact) mass is 312 g/mol. The molecule has 2 aromatic rings. The van der Waals surface area contributed by atoms with Gasteiger partial charge in [0.05, 0.1) is 5.56 Å². The average Bonchev–Trinajstić information content (AvgIpc) is 2.38. The van der Waals surface area contributed by atoms with E-state index in [1.807, 2.05) is 12.1 Å². The van der Waals surface area contributed by atoms with Gasteiger partial charge < -0.3 is 5.11 Å². The average molecular weight is 313 g/mol. The summed E-state index contributed by atoms with van der Waals surface area (Å²) in [6.45, 7) is 0. The first-order valence-electron chi connectivity index (χ1n) is 5.46. The minimum Gasteiger partial charge on any atom is -0.478 e. The van der Waals surface area contributed by atoms with Crippen molar-refractivity contribution in [2.45, 2.75) is 10.6 Å². The van der Waals surface area contributed by atoms with Crippen LogP contribution in [0.25, 0.3) is 0 Å². The molecule has 1 N–H and O–H groups in total. The van der Waals surface area contributed by atoms with E-state index < -0.39 is 5.97 Å². The van der Waals surface area contributed by atoms with E-state index in [1.165, 1.54) is 11.8 Å². The Morgan fingerprint density at radius 1 is 1.16 bits per heavy atom.